The van der Waals surface area contributed by atoms with E-state index in [1.165, 1.54) is 5.57 Å². The highest BCUT2D eigenvalue weighted by molar-refractivity contribution is 5.93. The average Bonchev–Trinajstić information content (AvgIpc) is 2.61. The van der Waals surface area contributed by atoms with E-state index in [-0.39, 0.29) is 12.0 Å². The van der Waals surface area contributed by atoms with Gasteiger partial charge >= 0.3 is 5.97 Å². The molecule has 0 saturated carbocycles. The molecule has 74 valence electrons. The Morgan fingerprint density at radius 2 is 2.36 bits per heavy atom. The first kappa shape index (κ1) is 9.19. The number of hydrogen-bond acceptors (Lipinski definition) is 3. The van der Waals surface area contributed by atoms with E-state index in [9.17, 15) is 4.79 Å². The van der Waals surface area contributed by atoms with Crippen molar-refractivity contribution in [2.45, 2.75) is 25.8 Å². The second-order valence-corrected chi connectivity index (χ2v) is 3.36. The summed E-state index contributed by atoms with van der Waals surface area (Å²) in [6.07, 6.45) is 7.73. The minimum absolute atomic E-state index is 0.218. The van der Waals surface area contributed by atoms with Gasteiger partial charge in [-0.15, -0.1) is 0 Å². The molecule has 0 aromatic rings. The summed E-state index contributed by atoms with van der Waals surface area (Å²) < 4.78 is 4.96. The van der Waals surface area contributed by atoms with Gasteiger partial charge in [0, 0.05) is 6.21 Å². The van der Waals surface area contributed by atoms with E-state index < -0.39 is 0 Å². The van der Waals surface area contributed by atoms with Gasteiger partial charge in [-0.05, 0) is 30.9 Å². The summed E-state index contributed by atoms with van der Waals surface area (Å²) in [6, 6.07) is -0.366. The summed E-state index contributed by atoms with van der Waals surface area (Å²) in [4.78, 5) is 15.7. The minimum Gasteiger partial charge on any atom is -0.464 e. The lowest BCUT2D eigenvalue weighted by Gasteiger charge is -2.13. The molecule has 1 aliphatic heterocycles. The molecule has 1 heterocycles. The third-order valence-corrected chi connectivity index (χ3v) is 2.47. The molecule has 3 heteroatoms. The molecule has 1 aliphatic carbocycles. The van der Waals surface area contributed by atoms with Crippen LogP contribution in [-0.2, 0) is 9.53 Å². The lowest BCUT2D eigenvalue weighted by Crippen LogP contribution is -2.22. The number of aliphatic imine (C=N–C) groups is 1. The standard InChI is InChI=1S/C11H13NO2/c1-2-14-11(13)10-9-6-4-3-5-8(9)7-12-10/h3-4,7,10H,2,5-6H2,1H3/t10-/m1/s1. The Bertz CT molecular complexity index is 339. The Morgan fingerprint density at radius 1 is 1.57 bits per heavy atom. The average molecular weight is 191 g/mol. The fourth-order valence-corrected chi connectivity index (χ4v) is 1.78. The predicted molar refractivity (Wildman–Crippen MR) is 54.3 cm³/mol. The van der Waals surface area contributed by atoms with Crippen LogP contribution in [0.15, 0.2) is 28.3 Å². The van der Waals surface area contributed by atoms with Gasteiger partial charge in [0.2, 0.25) is 0 Å². The molecule has 0 aromatic carbocycles. The van der Waals surface area contributed by atoms with Crippen LogP contribution in [0.1, 0.15) is 19.8 Å². The molecule has 0 radical (unpaired) electrons. The van der Waals surface area contributed by atoms with Crippen LogP contribution in [0, 0.1) is 0 Å². The van der Waals surface area contributed by atoms with Gasteiger partial charge in [-0.1, -0.05) is 12.2 Å². The van der Waals surface area contributed by atoms with Gasteiger partial charge in [0.25, 0.3) is 0 Å². The number of rotatable bonds is 2. The molecular weight excluding hydrogens is 178 g/mol. The molecule has 2 aliphatic rings. The van der Waals surface area contributed by atoms with Crippen molar-refractivity contribution in [2.75, 3.05) is 6.61 Å². The second kappa shape index (κ2) is 3.78. The van der Waals surface area contributed by atoms with Gasteiger partial charge in [-0.2, -0.15) is 0 Å². The van der Waals surface area contributed by atoms with Gasteiger partial charge in [0.1, 0.15) is 0 Å². The monoisotopic (exact) mass is 191 g/mol. The van der Waals surface area contributed by atoms with Crippen LogP contribution in [0.3, 0.4) is 0 Å². The maximum Gasteiger partial charge on any atom is 0.335 e. The lowest BCUT2D eigenvalue weighted by molar-refractivity contribution is -0.143. The molecule has 0 aromatic heterocycles. The summed E-state index contributed by atoms with van der Waals surface area (Å²) in [6.45, 7) is 2.23. The topological polar surface area (TPSA) is 38.7 Å². The molecule has 1 atom stereocenters. The van der Waals surface area contributed by atoms with E-state index >= 15 is 0 Å². The van der Waals surface area contributed by atoms with E-state index in [0.717, 1.165) is 18.4 Å². The highest BCUT2D eigenvalue weighted by Gasteiger charge is 2.29. The van der Waals surface area contributed by atoms with Crippen molar-refractivity contribution in [3.8, 4) is 0 Å². The molecule has 2 rings (SSSR count). The summed E-state index contributed by atoms with van der Waals surface area (Å²) in [7, 11) is 0. The Morgan fingerprint density at radius 3 is 3.14 bits per heavy atom. The second-order valence-electron chi connectivity index (χ2n) is 3.36. The maximum atomic E-state index is 11.5. The number of ether oxygens (including phenoxy) is 1. The summed E-state index contributed by atoms with van der Waals surface area (Å²) in [5.41, 5.74) is 2.30. The molecule has 0 fully saturated rings. The molecule has 0 saturated heterocycles. The van der Waals surface area contributed by atoms with Crippen molar-refractivity contribution in [3.63, 3.8) is 0 Å². The van der Waals surface area contributed by atoms with E-state index in [1.54, 1.807) is 6.21 Å². The van der Waals surface area contributed by atoms with Crippen LogP contribution in [0.4, 0.5) is 0 Å². The van der Waals surface area contributed by atoms with Crippen LogP contribution in [0.25, 0.3) is 0 Å². The van der Waals surface area contributed by atoms with Gasteiger partial charge < -0.3 is 4.74 Å². The first-order chi connectivity index (χ1) is 6.83. The predicted octanol–water partition coefficient (Wildman–Crippen LogP) is 1.65. The Kier molecular flexibility index (Phi) is 2.48. The SMILES string of the molecule is CCOC(=O)[C@@H]1N=CC2=C1CC=CC2. The number of allylic oxidation sites excluding steroid dienone is 3. The van der Waals surface area contributed by atoms with Crippen molar-refractivity contribution in [2.24, 2.45) is 4.99 Å². The van der Waals surface area contributed by atoms with Gasteiger partial charge in [0.05, 0.1) is 6.61 Å². The Hall–Kier alpha value is -1.38. The number of carbonyl (C=O) groups excluding carboxylic acids is 1. The van der Waals surface area contributed by atoms with Crippen molar-refractivity contribution < 1.29 is 9.53 Å². The smallest absolute Gasteiger partial charge is 0.335 e. The highest BCUT2D eigenvalue weighted by atomic mass is 16.5. The zero-order chi connectivity index (χ0) is 9.97. The van der Waals surface area contributed by atoms with Crippen molar-refractivity contribution in [1.82, 2.24) is 0 Å². The van der Waals surface area contributed by atoms with Gasteiger partial charge in [-0.25, -0.2) is 4.79 Å². The number of hydrogen-bond donors (Lipinski definition) is 0. The maximum absolute atomic E-state index is 11.5. The molecule has 0 bridgehead atoms. The summed E-state index contributed by atoms with van der Waals surface area (Å²) >= 11 is 0. The lowest BCUT2D eigenvalue weighted by atomic mass is 9.95. The highest BCUT2D eigenvalue weighted by Crippen LogP contribution is 2.28. The first-order valence-corrected chi connectivity index (χ1v) is 4.89. The van der Waals surface area contributed by atoms with Crippen molar-refractivity contribution in [3.05, 3.63) is 23.3 Å². The fourth-order valence-electron chi connectivity index (χ4n) is 1.78. The van der Waals surface area contributed by atoms with E-state index in [1.807, 2.05) is 6.92 Å². The number of nitrogens with zero attached hydrogens (tertiary/aromatic N) is 1. The van der Waals surface area contributed by atoms with Crippen molar-refractivity contribution in [1.29, 1.82) is 0 Å². The van der Waals surface area contributed by atoms with Gasteiger partial charge in [0.15, 0.2) is 6.04 Å². The summed E-state index contributed by atoms with van der Waals surface area (Å²) in [5, 5.41) is 0. The fraction of sp³-hybridized carbons (Fsp3) is 0.455. The molecular formula is C11H13NO2. The molecule has 0 spiro atoms. The van der Waals surface area contributed by atoms with E-state index in [0.29, 0.717) is 6.61 Å². The third kappa shape index (κ3) is 1.50. The van der Waals surface area contributed by atoms with Crippen LogP contribution < -0.4 is 0 Å². The van der Waals surface area contributed by atoms with Crippen LogP contribution in [0.5, 0.6) is 0 Å². The first-order valence-electron chi connectivity index (χ1n) is 4.89. The number of carbonyl (C=O) groups is 1. The normalized spacial score (nSPS) is 23.9. The van der Waals surface area contributed by atoms with Crippen LogP contribution >= 0.6 is 0 Å². The minimum atomic E-state index is -0.366. The van der Waals surface area contributed by atoms with E-state index in [2.05, 4.69) is 17.1 Å². The molecule has 3 nitrogen and oxygen atoms in total. The largest absolute Gasteiger partial charge is 0.464 e. The molecule has 0 N–H and O–H groups in total. The zero-order valence-electron chi connectivity index (χ0n) is 8.19. The van der Waals surface area contributed by atoms with Gasteiger partial charge in [-0.3, -0.25) is 4.99 Å². The Labute approximate surface area is 83.2 Å². The number of esters is 1. The van der Waals surface area contributed by atoms with Crippen LogP contribution in [0.2, 0.25) is 0 Å². The molecule has 0 amide bonds. The molecule has 14 heavy (non-hydrogen) atoms. The Balaban J connectivity index is 2.12. The van der Waals surface area contributed by atoms with Crippen LogP contribution in [-0.4, -0.2) is 24.8 Å². The summed E-state index contributed by atoms with van der Waals surface area (Å²) in [5.74, 6) is -0.218. The quantitative estimate of drug-likeness (QED) is 0.491. The zero-order valence-corrected chi connectivity index (χ0v) is 8.19. The third-order valence-electron chi connectivity index (χ3n) is 2.47. The molecule has 0 unspecified atom stereocenters. The van der Waals surface area contributed by atoms with E-state index in [4.69, 9.17) is 4.74 Å². The van der Waals surface area contributed by atoms with Crippen molar-refractivity contribution >= 4 is 12.2 Å².